The van der Waals surface area contributed by atoms with Crippen molar-refractivity contribution >= 4 is 12.0 Å². The van der Waals surface area contributed by atoms with Crippen molar-refractivity contribution in [1.82, 2.24) is 10.2 Å². The summed E-state index contributed by atoms with van der Waals surface area (Å²) in [5, 5.41) is 12.4. The summed E-state index contributed by atoms with van der Waals surface area (Å²) in [6.45, 7) is 7.33. The molecule has 2 aliphatic rings. The molecule has 2 fully saturated rings. The number of ether oxygens (including phenoxy) is 1. The third-order valence-corrected chi connectivity index (χ3v) is 4.97. The van der Waals surface area contributed by atoms with Gasteiger partial charge in [0, 0.05) is 19.7 Å². The maximum Gasteiger partial charge on any atom is 0.317 e. The Morgan fingerprint density at radius 1 is 1.33 bits per heavy atom. The zero-order valence-electron chi connectivity index (χ0n) is 13.1. The van der Waals surface area contributed by atoms with E-state index in [1.54, 1.807) is 18.7 Å². The highest BCUT2D eigenvalue weighted by atomic mass is 16.5. The van der Waals surface area contributed by atoms with Gasteiger partial charge in [-0.25, -0.2) is 4.79 Å². The van der Waals surface area contributed by atoms with E-state index in [-0.39, 0.29) is 24.1 Å². The lowest BCUT2D eigenvalue weighted by Gasteiger charge is -2.39. The van der Waals surface area contributed by atoms with Gasteiger partial charge < -0.3 is 20.1 Å². The van der Waals surface area contributed by atoms with Crippen LogP contribution in [-0.2, 0) is 9.53 Å². The van der Waals surface area contributed by atoms with E-state index in [0.717, 1.165) is 19.3 Å². The minimum atomic E-state index is -0.803. The molecule has 120 valence electrons. The molecule has 2 amide bonds. The number of likely N-dealkylation sites (tertiary alicyclic amines) is 1. The van der Waals surface area contributed by atoms with Crippen LogP contribution in [0.15, 0.2) is 0 Å². The fourth-order valence-electron chi connectivity index (χ4n) is 3.10. The van der Waals surface area contributed by atoms with Crippen LogP contribution < -0.4 is 5.32 Å². The fourth-order valence-corrected chi connectivity index (χ4v) is 3.10. The molecule has 2 heterocycles. The Morgan fingerprint density at radius 3 is 2.62 bits per heavy atom. The highest BCUT2D eigenvalue weighted by Crippen LogP contribution is 2.34. The summed E-state index contributed by atoms with van der Waals surface area (Å²) in [5.74, 6) is -0.806. The van der Waals surface area contributed by atoms with Gasteiger partial charge in [-0.2, -0.15) is 0 Å². The summed E-state index contributed by atoms with van der Waals surface area (Å²) < 4.78 is 5.45. The number of nitrogens with one attached hydrogen (secondary N) is 1. The van der Waals surface area contributed by atoms with Crippen molar-refractivity contribution in [3.63, 3.8) is 0 Å². The first-order chi connectivity index (χ1) is 9.82. The zero-order chi connectivity index (χ0) is 15.6. The van der Waals surface area contributed by atoms with Gasteiger partial charge in [0.2, 0.25) is 0 Å². The summed E-state index contributed by atoms with van der Waals surface area (Å²) in [6.07, 6.45) is 2.59. The average molecular weight is 298 g/mol. The van der Waals surface area contributed by atoms with E-state index < -0.39 is 11.4 Å². The van der Waals surface area contributed by atoms with Gasteiger partial charge in [-0.05, 0) is 46.0 Å². The maximum atomic E-state index is 12.4. The number of hydrogen-bond donors (Lipinski definition) is 2. The van der Waals surface area contributed by atoms with E-state index >= 15 is 0 Å². The molecule has 0 aliphatic carbocycles. The highest BCUT2D eigenvalue weighted by Gasteiger charge is 2.40. The SMILES string of the molecule is CC1OCCC1NC(=O)N1CCCC(C(C)(C)C(=O)O)C1. The van der Waals surface area contributed by atoms with Crippen LogP contribution in [0.1, 0.15) is 40.0 Å². The van der Waals surface area contributed by atoms with Gasteiger partial charge in [0.15, 0.2) is 0 Å². The first kappa shape index (κ1) is 16.1. The quantitative estimate of drug-likeness (QED) is 0.831. The summed E-state index contributed by atoms with van der Waals surface area (Å²) in [7, 11) is 0. The number of piperidine rings is 1. The molecule has 2 N–H and O–H groups in total. The van der Waals surface area contributed by atoms with E-state index in [9.17, 15) is 14.7 Å². The normalized spacial score (nSPS) is 30.2. The van der Waals surface area contributed by atoms with Gasteiger partial charge in [-0.3, -0.25) is 4.79 Å². The molecule has 6 nitrogen and oxygen atoms in total. The zero-order valence-corrected chi connectivity index (χ0v) is 13.1. The minimum Gasteiger partial charge on any atom is -0.481 e. The molecule has 2 rings (SSSR count). The van der Waals surface area contributed by atoms with Crippen LogP contribution in [0.4, 0.5) is 4.79 Å². The molecule has 0 radical (unpaired) electrons. The number of urea groups is 1. The molecule has 3 unspecified atom stereocenters. The number of aliphatic carboxylic acids is 1. The Hall–Kier alpha value is -1.30. The maximum absolute atomic E-state index is 12.4. The van der Waals surface area contributed by atoms with E-state index in [1.807, 2.05) is 6.92 Å². The first-order valence-corrected chi connectivity index (χ1v) is 7.73. The molecule has 0 aromatic heterocycles. The molecule has 21 heavy (non-hydrogen) atoms. The van der Waals surface area contributed by atoms with Crippen LogP contribution in [0.3, 0.4) is 0 Å². The van der Waals surface area contributed by atoms with Crippen LogP contribution in [0, 0.1) is 11.3 Å². The van der Waals surface area contributed by atoms with Crippen molar-refractivity contribution < 1.29 is 19.4 Å². The number of hydrogen-bond acceptors (Lipinski definition) is 3. The standard InChI is InChI=1S/C15H26N2O4/c1-10-12(6-8-21-10)16-14(20)17-7-4-5-11(9-17)15(2,3)13(18)19/h10-12H,4-9H2,1-3H3,(H,16,20)(H,18,19). The van der Waals surface area contributed by atoms with E-state index in [0.29, 0.717) is 19.7 Å². The van der Waals surface area contributed by atoms with Crippen LogP contribution in [0.2, 0.25) is 0 Å². The number of carboxylic acids is 1. The van der Waals surface area contributed by atoms with Gasteiger partial charge in [-0.15, -0.1) is 0 Å². The summed E-state index contributed by atoms with van der Waals surface area (Å²) in [6, 6.07) is -0.0337. The third kappa shape index (κ3) is 3.48. The molecule has 6 heteroatoms. The monoisotopic (exact) mass is 298 g/mol. The van der Waals surface area contributed by atoms with Crippen LogP contribution >= 0.6 is 0 Å². The van der Waals surface area contributed by atoms with Gasteiger partial charge in [0.1, 0.15) is 0 Å². The highest BCUT2D eigenvalue weighted by molar-refractivity contribution is 5.76. The molecule has 0 aromatic carbocycles. The smallest absolute Gasteiger partial charge is 0.317 e. The third-order valence-electron chi connectivity index (χ3n) is 4.97. The number of amides is 2. The predicted octanol–water partition coefficient (Wildman–Crippen LogP) is 1.70. The Balaban J connectivity index is 1.94. The molecule has 0 spiro atoms. The molecule has 0 saturated carbocycles. The second-order valence-corrected chi connectivity index (χ2v) is 6.73. The van der Waals surface area contributed by atoms with Crippen LogP contribution in [0.5, 0.6) is 0 Å². The largest absolute Gasteiger partial charge is 0.481 e. The Labute approximate surface area is 125 Å². The van der Waals surface area contributed by atoms with E-state index in [4.69, 9.17) is 4.74 Å². The van der Waals surface area contributed by atoms with Gasteiger partial charge in [0.05, 0.1) is 17.6 Å². The number of carbonyl (C=O) groups is 2. The van der Waals surface area contributed by atoms with E-state index in [2.05, 4.69) is 5.32 Å². The van der Waals surface area contributed by atoms with Crippen molar-refractivity contribution in [1.29, 1.82) is 0 Å². The molecule has 0 bridgehead atoms. The van der Waals surface area contributed by atoms with Crippen LogP contribution in [-0.4, -0.2) is 53.8 Å². The minimum absolute atomic E-state index is 0.00764. The molecule has 2 aliphatic heterocycles. The molecular formula is C15H26N2O4. The van der Waals surface area contributed by atoms with E-state index in [1.165, 1.54) is 0 Å². The van der Waals surface area contributed by atoms with Crippen molar-refractivity contribution in [2.24, 2.45) is 11.3 Å². The summed E-state index contributed by atoms with van der Waals surface area (Å²) in [5.41, 5.74) is -0.803. The number of nitrogens with zero attached hydrogens (tertiary/aromatic N) is 1. The van der Waals surface area contributed by atoms with Crippen LogP contribution in [0.25, 0.3) is 0 Å². The van der Waals surface area contributed by atoms with Crippen molar-refractivity contribution in [2.45, 2.75) is 52.2 Å². The number of rotatable bonds is 3. The first-order valence-electron chi connectivity index (χ1n) is 7.73. The topological polar surface area (TPSA) is 78.9 Å². The lowest BCUT2D eigenvalue weighted by Crippen LogP contribution is -2.52. The predicted molar refractivity (Wildman–Crippen MR) is 78.1 cm³/mol. The summed E-state index contributed by atoms with van der Waals surface area (Å²) in [4.78, 5) is 25.5. The van der Waals surface area contributed by atoms with Crippen molar-refractivity contribution in [3.05, 3.63) is 0 Å². The number of carboxylic acid groups (broad SMARTS) is 1. The van der Waals surface area contributed by atoms with Crippen molar-refractivity contribution in [2.75, 3.05) is 19.7 Å². The molecule has 2 saturated heterocycles. The van der Waals surface area contributed by atoms with Gasteiger partial charge >= 0.3 is 12.0 Å². The van der Waals surface area contributed by atoms with Gasteiger partial charge in [0.25, 0.3) is 0 Å². The van der Waals surface area contributed by atoms with Gasteiger partial charge in [-0.1, -0.05) is 0 Å². The molecule has 3 atom stereocenters. The Kier molecular flexibility index (Phi) is 4.76. The molecule has 0 aromatic rings. The summed E-state index contributed by atoms with van der Waals surface area (Å²) >= 11 is 0. The lowest BCUT2D eigenvalue weighted by atomic mass is 9.74. The lowest BCUT2D eigenvalue weighted by molar-refractivity contribution is -0.151. The average Bonchev–Trinajstić information content (AvgIpc) is 2.84. The Bertz CT molecular complexity index is 410. The number of carbonyl (C=O) groups excluding carboxylic acids is 1. The second kappa shape index (κ2) is 6.22. The van der Waals surface area contributed by atoms with Crippen molar-refractivity contribution in [3.8, 4) is 0 Å². The fraction of sp³-hybridized carbons (Fsp3) is 0.867. The molecular weight excluding hydrogens is 272 g/mol. The Morgan fingerprint density at radius 2 is 2.05 bits per heavy atom. The second-order valence-electron chi connectivity index (χ2n) is 6.73.